The third-order valence-electron chi connectivity index (χ3n) is 11.2. The summed E-state index contributed by atoms with van der Waals surface area (Å²) in [6.45, 7) is 7.84. The van der Waals surface area contributed by atoms with E-state index >= 15 is 0 Å². The smallest absolute Gasteiger partial charge is 0.328 e. The molecule has 2 aliphatic heterocycles. The van der Waals surface area contributed by atoms with Crippen molar-refractivity contribution in [1.29, 1.82) is 0 Å². The first kappa shape index (κ1) is 40.3. The van der Waals surface area contributed by atoms with Gasteiger partial charge in [0.1, 0.15) is 17.5 Å². The molecule has 11 nitrogen and oxygen atoms in total. The lowest BCUT2D eigenvalue weighted by molar-refractivity contribution is -0.142. The predicted molar refractivity (Wildman–Crippen MR) is 210 cm³/mol. The third kappa shape index (κ3) is 8.41. The van der Waals surface area contributed by atoms with E-state index in [-0.39, 0.29) is 32.8 Å². The summed E-state index contributed by atoms with van der Waals surface area (Å²) >= 11 is 0. The number of esters is 2. The van der Waals surface area contributed by atoms with Crippen molar-refractivity contribution in [3.8, 4) is 11.5 Å². The fourth-order valence-electron chi connectivity index (χ4n) is 7.67. The highest BCUT2D eigenvalue weighted by Crippen LogP contribution is 2.40. The van der Waals surface area contributed by atoms with Crippen LogP contribution in [-0.4, -0.2) is 57.4 Å². The zero-order chi connectivity index (χ0) is 39.6. The molecule has 292 valence electrons. The molecule has 0 saturated heterocycles. The van der Waals surface area contributed by atoms with Crippen molar-refractivity contribution < 1.29 is 35.9 Å². The van der Waals surface area contributed by atoms with E-state index in [1.54, 1.807) is 12.1 Å². The Kier molecular flexibility index (Phi) is 11.7. The molecule has 0 aromatic heterocycles. The van der Waals surface area contributed by atoms with Gasteiger partial charge in [-0.1, -0.05) is 100 Å². The van der Waals surface area contributed by atoms with Crippen LogP contribution in [0, 0.1) is 0 Å². The predicted octanol–water partition coefficient (Wildman–Crippen LogP) is 5.97. The number of carbonyl (C=O) groups is 2. The zero-order valence-electron chi connectivity index (χ0n) is 31.6. The first-order valence-corrected chi connectivity index (χ1v) is 22.0. The average Bonchev–Trinajstić information content (AvgIpc) is 3.35. The highest BCUT2D eigenvalue weighted by atomic mass is 32.2. The highest BCUT2D eigenvalue weighted by molar-refractivity contribution is 7.91. The minimum absolute atomic E-state index is 0.00651. The van der Waals surface area contributed by atoms with E-state index in [4.69, 9.17) is 15.2 Å². The van der Waals surface area contributed by atoms with Crippen LogP contribution in [0.25, 0.3) is 0 Å². The second-order valence-electron chi connectivity index (χ2n) is 14.6. The normalized spacial score (nSPS) is 21.1. The lowest BCUT2D eigenvalue weighted by Crippen LogP contribution is -2.49. The minimum Gasteiger partial charge on any atom is -0.426 e. The van der Waals surface area contributed by atoms with Crippen LogP contribution in [0.1, 0.15) is 94.1 Å². The minimum atomic E-state index is -3.84. The summed E-state index contributed by atoms with van der Waals surface area (Å²) in [6.07, 6.45) is 1.75. The Hall–Kier alpha value is -4.40. The van der Waals surface area contributed by atoms with Gasteiger partial charge in [-0.3, -0.25) is 15.4 Å². The molecule has 55 heavy (non-hydrogen) atoms. The van der Waals surface area contributed by atoms with Crippen LogP contribution < -0.4 is 25.8 Å². The summed E-state index contributed by atoms with van der Waals surface area (Å²) in [5, 5.41) is 7.25. The van der Waals surface area contributed by atoms with Gasteiger partial charge < -0.3 is 15.2 Å². The molecule has 0 bridgehead atoms. The molecule has 4 aromatic carbocycles. The summed E-state index contributed by atoms with van der Waals surface area (Å²) in [5.41, 5.74) is 7.62. The van der Waals surface area contributed by atoms with Crippen molar-refractivity contribution in [3.63, 3.8) is 0 Å². The van der Waals surface area contributed by atoms with E-state index in [1.807, 2.05) is 88.4 Å². The van der Waals surface area contributed by atoms with Gasteiger partial charge in [0.2, 0.25) is 0 Å². The average molecular weight is 788 g/mol. The number of nitrogens with two attached hydrogens (primary N) is 1. The second kappa shape index (κ2) is 16.0. The number of carbonyl (C=O) groups excluding carboxylic acids is 2. The summed E-state index contributed by atoms with van der Waals surface area (Å²) in [5.74, 6) is -2.15. The SMILES string of the molecule is CCC1(CC)CS(=O)(=O)c2cc(OC(=O)CC(N)C(=O)Oc3ccc4c(c3)S(=O)(=O)CC(CC)(CC)NC4c3ccccc3)ccc2C(c2ccccc2)N1. The number of nitrogens with one attached hydrogen (secondary N) is 2. The molecule has 0 fully saturated rings. The van der Waals surface area contributed by atoms with Gasteiger partial charge in [-0.25, -0.2) is 21.6 Å². The molecule has 0 amide bonds. The summed E-state index contributed by atoms with van der Waals surface area (Å²) < 4.78 is 66.6. The van der Waals surface area contributed by atoms with Gasteiger partial charge in [0, 0.05) is 11.1 Å². The molecule has 2 heterocycles. The Bertz CT molecular complexity index is 2260. The Labute approximate surface area is 323 Å². The van der Waals surface area contributed by atoms with Crippen molar-refractivity contribution in [1.82, 2.24) is 10.6 Å². The Balaban J connectivity index is 1.20. The Morgan fingerprint density at radius 2 is 1.05 bits per heavy atom. The molecule has 4 N–H and O–H groups in total. The fraction of sp³-hybridized carbons (Fsp3) is 0.381. The third-order valence-corrected chi connectivity index (χ3v) is 15.1. The molecule has 6 rings (SSSR count). The van der Waals surface area contributed by atoms with Gasteiger partial charge in [-0.05, 0) is 72.2 Å². The Morgan fingerprint density at radius 3 is 1.45 bits per heavy atom. The molecule has 0 aliphatic carbocycles. The number of fused-ring (bicyclic) bond motifs is 2. The molecule has 3 atom stereocenters. The largest absolute Gasteiger partial charge is 0.426 e. The van der Waals surface area contributed by atoms with Crippen LogP contribution in [0.4, 0.5) is 0 Å². The van der Waals surface area contributed by atoms with Crippen molar-refractivity contribution in [2.24, 2.45) is 5.73 Å². The van der Waals surface area contributed by atoms with Crippen LogP contribution in [0.5, 0.6) is 11.5 Å². The first-order valence-electron chi connectivity index (χ1n) is 18.7. The van der Waals surface area contributed by atoms with E-state index in [0.29, 0.717) is 36.8 Å². The first-order chi connectivity index (χ1) is 26.2. The van der Waals surface area contributed by atoms with Crippen molar-refractivity contribution in [3.05, 3.63) is 119 Å². The number of benzene rings is 4. The Morgan fingerprint density at radius 1 is 0.655 bits per heavy atom. The van der Waals surface area contributed by atoms with Gasteiger partial charge in [-0.15, -0.1) is 0 Å². The lowest BCUT2D eigenvalue weighted by atomic mass is 9.90. The van der Waals surface area contributed by atoms with Crippen LogP contribution in [0.3, 0.4) is 0 Å². The summed E-state index contributed by atoms with van der Waals surface area (Å²) in [7, 11) is -7.66. The van der Waals surface area contributed by atoms with Crippen LogP contribution >= 0.6 is 0 Å². The second-order valence-corrected chi connectivity index (χ2v) is 18.5. The molecule has 0 spiro atoms. The van der Waals surface area contributed by atoms with Crippen molar-refractivity contribution in [2.45, 2.75) is 98.8 Å². The maximum absolute atomic E-state index is 13.9. The standard InChI is InChI=1S/C42H49N3O8S2/c1-5-41(6-2)26-54(48,49)35-23-30(19-21-32(35)38(44-41)28-15-11-9-12-16-28)52-37(46)25-34(43)40(47)53-31-20-22-33-36(24-31)55(50,51)27-42(7-3,8-4)45-39(33)29-17-13-10-14-18-29/h9-24,34,38-39,44-45H,5-8,25-27,43H2,1-4H3. The molecule has 0 saturated carbocycles. The van der Waals surface area contributed by atoms with Crippen molar-refractivity contribution >= 4 is 31.6 Å². The van der Waals surface area contributed by atoms with Gasteiger partial charge in [0.05, 0.1) is 39.8 Å². The molecule has 2 aliphatic rings. The van der Waals surface area contributed by atoms with Gasteiger partial charge in [0.15, 0.2) is 19.7 Å². The topological polar surface area (TPSA) is 171 Å². The quantitative estimate of drug-likeness (QED) is 0.121. The molecular formula is C42H49N3O8S2. The number of hydrogen-bond acceptors (Lipinski definition) is 11. The van der Waals surface area contributed by atoms with E-state index < -0.39 is 67.2 Å². The monoisotopic (exact) mass is 787 g/mol. The summed E-state index contributed by atoms with van der Waals surface area (Å²) in [4.78, 5) is 26.4. The number of ether oxygens (including phenoxy) is 2. The number of sulfone groups is 2. The highest BCUT2D eigenvalue weighted by Gasteiger charge is 2.43. The molecule has 4 aromatic rings. The maximum Gasteiger partial charge on any atom is 0.328 e. The van der Waals surface area contributed by atoms with E-state index in [0.717, 1.165) is 11.1 Å². The lowest BCUT2D eigenvalue weighted by Gasteiger charge is -2.34. The fourth-order valence-corrected chi connectivity index (χ4v) is 12.1. The number of rotatable bonds is 11. The number of hydrogen-bond donors (Lipinski definition) is 3. The molecular weight excluding hydrogens is 739 g/mol. The van der Waals surface area contributed by atoms with E-state index in [9.17, 15) is 26.4 Å². The van der Waals surface area contributed by atoms with E-state index in [2.05, 4.69) is 10.6 Å². The summed E-state index contributed by atoms with van der Waals surface area (Å²) in [6, 6.07) is 25.8. The molecule has 13 heteroatoms. The maximum atomic E-state index is 13.9. The van der Waals surface area contributed by atoms with Crippen LogP contribution in [-0.2, 0) is 29.3 Å². The van der Waals surface area contributed by atoms with Gasteiger partial charge in [-0.2, -0.15) is 0 Å². The van der Waals surface area contributed by atoms with E-state index in [1.165, 1.54) is 24.3 Å². The van der Waals surface area contributed by atoms with Crippen LogP contribution in [0.2, 0.25) is 0 Å². The molecule has 3 unspecified atom stereocenters. The van der Waals surface area contributed by atoms with Crippen LogP contribution in [0.15, 0.2) is 107 Å². The zero-order valence-corrected chi connectivity index (χ0v) is 33.2. The van der Waals surface area contributed by atoms with Gasteiger partial charge in [0.25, 0.3) is 0 Å². The van der Waals surface area contributed by atoms with Gasteiger partial charge >= 0.3 is 11.9 Å². The molecule has 0 radical (unpaired) electrons. The van der Waals surface area contributed by atoms with Crippen molar-refractivity contribution in [2.75, 3.05) is 11.5 Å².